The highest BCUT2D eigenvalue weighted by Crippen LogP contribution is 2.30. The molecule has 0 aromatic heterocycles. The average molecular weight is 820 g/mol. The van der Waals surface area contributed by atoms with Crippen molar-refractivity contribution in [2.24, 2.45) is 17.8 Å². The third kappa shape index (κ3) is 15.4. The number of aliphatic hydroxyl groups excluding tert-OH is 1. The number of aliphatic hydroxyl groups is 1. The number of urea groups is 1. The topological polar surface area (TPSA) is 158 Å². The Balaban J connectivity index is 1.59. The fraction of sp³-hybridized carbons (Fsp3) is 0.791. The molecule has 0 spiro atoms. The number of amides is 4. The quantitative estimate of drug-likeness (QED) is 0.110. The van der Waals surface area contributed by atoms with E-state index in [2.05, 4.69) is 10.7 Å². The highest BCUT2D eigenvalue weighted by molar-refractivity contribution is 7.91. The molecular weight excluding hydrogens is 747 g/mol. The summed E-state index contributed by atoms with van der Waals surface area (Å²) in [5.41, 5.74) is 2.74. The maximum Gasteiger partial charge on any atom is 0.318 e. The number of hydrogen-bond donors (Lipinski definition) is 3. The van der Waals surface area contributed by atoms with Crippen LogP contribution >= 0.6 is 0 Å². The van der Waals surface area contributed by atoms with Crippen LogP contribution in [0.2, 0.25) is 0 Å². The fourth-order valence-electron chi connectivity index (χ4n) is 8.53. The van der Waals surface area contributed by atoms with E-state index in [0.29, 0.717) is 83.6 Å². The Morgan fingerprint density at radius 3 is 2.30 bits per heavy atom. The van der Waals surface area contributed by atoms with E-state index in [1.807, 2.05) is 56.0 Å². The average Bonchev–Trinajstić information content (AvgIpc) is 3.21. The zero-order valence-corrected chi connectivity index (χ0v) is 36.1. The monoisotopic (exact) mass is 820 g/mol. The number of piperidine rings is 1. The van der Waals surface area contributed by atoms with Gasteiger partial charge in [-0.3, -0.25) is 24.9 Å². The lowest BCUT2D eigenvalue weighted by atomic mass is 9.83. The number of rotatable bonds is 21. The summed E-state index contributed by atoms with van der Waals surface area (Å²) in [6.07, 6.45) is 11.3. The molecule has 0 radical (unpaired) electrons. The van der Waals surface area contributed by atoms with Gasteiger partial charge in [0.05, 0.1) is 30.3 Å². The van der Waals surface area contributed by atoms with Gasteiger partial charge in [0, 0.05) is 45.8 Å². The smallest absolute Gasteiger partial charge is 0.318 e. The van der Waals surface area contributed by atoms with E-state index in [0.717, 1.165) is 18.4 Å². The number of unbranched alkanes of at least 4 members (excludes halogenated alkanes) is 1. The highest BCUT2D eigenvalue weighted by atomic mass is 32.2. The van der Waals surface area contributed by atoms with Crippen molar-refractivity contribution in [2.75, 3.05) is 64.7 Å². The third-order valence-corrected chi connectivity index (χ3v) is 14.0. The van der Waals surface area contributed by atoms with Gasteiger partial charge in [-0.2, -0.15) is 0 Å². The van der Waals surface area contributed by atoms with E-state index < -0.39 is 33.3 Å². The second-order valence-corrected chi connectivity index (χ2v) is 19.4. The van der Waals surface area contributed by atoms with Gasteiger partial charge in [0.2, 0.25) is 5.91 Å². The molecule has 4 rings (SSSR count). The molecule has 3 aliphatic rings. The van der Waals surface area contributed by atoms with Gasteiger partial charge in [-0.25, -0.2) is 13.2 Å². The third-order valence-electron chi connectivity index (χ3n) is 12.4. The molecule has 13 nitrogen and oxygen atoms in total. The number of ether oxygens (including phenoxy) is 2. The molecule has 1 aromatic rings. The number of hydrogen-bond acceptors (Lipinski definition) is 9. The first-order valence-corrected chi connectivity index (χ1v) is 23.6. The van der Waals surface area contributed by atoms with Crippen molar-refractivity contribution in [3.63, 3.8) is 0 Å². The van der Waals surface area contributed by atoms with Crippen LogP contribution in [0.1, 0.15) is 116 Å². The molecule has 57 heavy (non-hydrogen) atoms. The van der Waals surface area contributed by atoms with E-state index in [9.17, 15) is 23.1 Å². The zero-order chi connectivity index (χ0) is 41.3. The molecule has 3 N–H and O–H groups in total. The summed E-state index contributed by atoms with van der Waals surface area (Å²) >= 11 is 0. The van der Waals surface area contributed by atoms with Crippen molar-refractivity contribution in [1.82, 2.24) is 25.6 Å². The normalized spacial score (nSPS) is 20.4. The standard InChI is InChI=1S/C43H73N5O8S/c1-5-6-22-43(23-19-36-15-11-8-12-16-36,44-42(52)47-24-20-38(21-25-47)56-33-55-4)41(51)45-48(27-26-46-28-30-57(53,54)31-29-46)40(50)39(34(2)3)32-37(49)18-17-35-13-9-7-10-14-35/h8,11-12,15-16,34-35,37-39,49H,5-7,9-10,13-14,17-33H2,1-4H3,(H,44,52)(H,45,51)/t37-,39-,43+/m0/s1. The molecule has 4 amide bonds. The maximum absolute atomic E-state index is 15.0. The molecule has 2 aliphatic heterocycles. The number of sulfone groups is 1. The Labute approximate surface area is 342 Å². The first kappa shape index (κ1) is 46.9. The van der Waals surface area contributed by atoms with Crippen molar-refractivity contribution >= 4 is 27.7 Å². The lowest BCUT2D eigenvalue weighted by Gasteiger charge is -2.40. The van der Waals surface area contributed by atoms with Gasteiger partial charge in [0.1, 0.15) is 12.3 Å². The van der Waals surface area contributed by atoms with Gasteiger partial charge >= 0.3 is 6.03 Å². The first-order valence-electron chi connectivity index (χ1n) is 21.8. The number of carbonyl (C=O) groups excluding carboxylic acids is 3. The Bertz CT molecular complexity index is 1450. The molecule has 2 heterocycles. The van der Waals surface area contributed by atoms with Crippen LogP contribution in [0.5, 0.6) is 0 Å². The second kappa shape index (κ2) is 23.7. The van der Waals surface area contributed by atoms with Crippen LogP contribution in [0.15, 0.2) is 30.3 Å². The van der Waals surface area contributed by atoms with Crippen LogP contribution in [-0.4, -0.2) is 129 Å². The zero-order valence-electron chi connectivity index (χ0n) is 35.3. The molecule has 324 valence electrons. The summed E-state index contributed by atoms with van der Waals surface area (Å²) in [6, 6.07) is 9.56. The van der Waals surface area contributed by atoms with E-state index in [4.69, 9.17) is 9.47 Å². The Morgan fingerprint density at radius 1 is 0.982 bits per heavy atom. The molecule has 1 aromatic carbocycles. The highest BCUT2D eigenvalue weighted by Gasteiger charge is 2.43. The number of benzene rings is 1. The molecule has 3 fully saturated rings. The van der Waals surface area contributed by atoms with Gasteiger partial charge in [0.15, 0.2) is 9.84 Å². The van der Waals surface area contributed by atoms with Crippen LogP contribution in [0, 0.1) is 17.8 Å². The predicted molar refractivity (Wildman–Crippen MR) is 223 cm³/mol. The molecule has 0 bridgehead atoms. The summed E-state index contributed by atoms with van der Waals surface area (Å²) < 4.78 is 35.2. The number of carbonyl (C=O) groups is 3. The molecule has 14 heteroatoms. The van der Waals surface area contributed by atoms with Gasteiger partial charge in [-0.1, -0.05) is 96.0 Å². The Kier molecular flexibility index (Phi) is 19.5. The molecule has 2 saturated heterocycles. The minimum absolute atomic E-state index is 0.0144. The van der Waals surface area contributed by atoms with E-state index in [1.54, 1.807) is 12.0 Å². The van der Waals surface area contributed by atoms with E-state index >= 15 is 4.79 Å². The summed E-state index contributed by atoms with van der Waals surface area (Å²) in [6.45, 7) is 8.35. The van der Waals surface area contributed by atoms with Crippen molar-refractivity contribution < 1.29 is 37.4 Å². The minimum atomic E-state index is -3.10. The molecule has 0 unspecified atom stereocenters. The van der Waals surface area contributed by atoms with Gasteiger partial charge in [-0.15, -0.1) is 0 Å². The van der Waals surface area contributed by atoms with Gasteiger partial charge < -0.3 is 24.8 Å². The van der Waals surface area contributed by atoms with Crippen molar-refractivity contribution in [3.8, 4) is 0 Å². The second-order valence-electron chi connectivity index (χ2n) is 17.1. The summed E-state index contributed by atoms with van der Waals surface area (Å²) in [7, 11) is -1.52. The van der Waals surface area contributed by atoms with Crippen molar-refractivity contribution in [1.29, 1.82) is 0 Å². The largest absolute Gasteiger partial charge is 0.393 e. The molecule has 1 saturated carbocycles. The fourth-order valence-corrected chi connectivity index (χ4v) is 9.80. The van der Waals surface area contributed by atoms with Crippen LogP contribution in [-0.2, 0) is 35.3 Å². The maximum atomic E-state index is 15.0. The van der Waals surface area contributed by atoms with Crippen molar-refractivity contribution in [3.05, 3.63) is 35.9 Å². The van der Waals surface area contributed by atoms with Gasteiger partial charge in [0.25, 0.3) is 5.91 Å². The number of likely N-dealkylation sites (tertiary alicyclic amines) is 1. The van der Waals surface area contributed by atoms with E-state index in [-0.39, 0.29) is 55.2 Å². The van der Waals surface area contributed by atoms with E-state index in [1.165, 1.54) is 37.1 Å². The number of hydrazine groups is 1. The summed E-state index contributed by atoms with van der Waals surface area (Å²) in [5.74, 6) is -0.681. The van der Waals surface area contributed by atoms with Gasteiger partial charge in [-0.05, 0) is 68.8 Å². The lowest BCUT2D eigenvalue weighted by Crippen LogP contribution is -2.65. The SMILES string of the molecule is CCCC[C@](CCc1ccccc1)(NC(=O)N1CCC(OCOC)CC1)C(=O)NN(CCN1CCS(=O)(=O)CC1)C(=O)[C@@H](C[C@@H](O)CCC1CCCCC1)C(C)C. The van der Waals surface area contributed by atoms with Crippen LogP contribution < -0.4 is 10.7 Å². The van der Waals surface area contributed by atoms with Crippen LogP contribution in [0.4, 0.5) is 4.79 Å². The van der Waals surface area contributed by atoms with Crippen molar-refractivity contribution in [2.45, 2.75) is 135 Å². The van der Waals surface area contributed by atoms with Crippen LogP contribution in [0.25, 0.3) is 0 Å². The summed E-state index contributed by atoms with van der Waals surface area (Å²) in [4.78, 5) is 47.6. The Morgan fingerprint density at radius 2 is 1.67 bits per heavy atom. The molecular formula is C43H73N5O8S. The number of nitrogens with zero attached hydrogens (tertiary/aromatic N) is 3. The summed E-state index contributed by atoms with van der Waals surface area (Å²) in [5, 5.41) is 15.9. The first-order chi connectivity index (χ1) is 27.3. The minimum Gasteiger partial charge on any atom is -0.393 e. The lowest BCUT2D eigenvalue weighted by molar-refractivity contribution is -0.149. The molecule has 1 aliphatic carbocycles. The van der Waals surface area contributed by atoms with Crippen LogP contribution in [0.3, 0.4) is 0 Å². The number of nitrogens with one attached hydrogen (secondary N) is 2. The molecule has 3 atom stereocenters. The predicted octanol–water partition coefficient (Wildman–Crippen LogP) is 5.32. The Hall–Kier alpha value is -2.78. The number of aryl methyl sites for hydroxylation is 1. The number of methoxy groups -OCH3 is 1.